The van der Waals surface area contributed by atoms with Crippen LogP contribution in [0, 0.1) is 0 Å². The molecule has 0 atom stereocenters. The van der Waals surface area contributed by atoms with Crippen molar-refractivity contribution < 1.29 is 9.53 Å². The van der Waals surface area contributed by atoms with Gasteiger partial charge in [0.25, 0.3) is 0 Å². The minimum atomic E-state index is 0.128. The van der Waals surface area contributed by atoms with E-state index in [0.29, 0.717) is 31.6 Å². The highest BCUT2D eigenvalue weighted by molar-refractivity contribution is 6.28. The van der Waals surface area contributed by atoms with Gasteiger partial charge >= 0.3 is 0 Å². The Morgan fingerprint density at radius 3 is 3.08 bits per heavy atom. The minimum Gasteiger partial charge on any atom is -0.376 e. The number of hydrogen-bond acceptors (Lipinski definition) is 4. The Bertz CT molecular complexity index is 354. The standard InChI is InChI=1S/C8H7ClN2O2/c9-8-10-6-1-2-13-4-5(6)7(3-12)11-8/h3H,1-2,4H2. The normalized spacial score (nSPS) is 15.2. The van der Waals surface area contributed by atoms with Crippen molar-refractivity contribution >= 4 is 17.9 Å². The molecule has 5 heteroatoms. The number of fused-ring (bicyclic) bond motifs is 1. The molecule has 0 amide bonds. The molecule has 0 unspecified atom stereocenters. The van der Waals surface area contributed by atoms with E-state index in [1.807, 2.05) is 0 Å². The van der Waals surface area contributed by atoms with Crippen molar-refractivity contribution in [1.82, 2.24) is 9.97 Å². The highest BCUT2D eigenvalue weighted by atomic mass is 35.5. The Hall–Kier alpha value is -1.00. The highest BCUT2D eigenvalue weighted by Gasteiger charge is 2.16. The van der Waals surface area contributed by atoms with Crippen molar-refractivity contribution in [2.24, 2.45) is 0 Å². The molecule has 1 aromatic heterocycles. The zero-order chi connectivity index (χ0) is 9.26. The monoisotopic (exact) mass is 198 g/mol. The second-order valence-corrected chi connectivity index (χ2v) is 3.06. The van der Waals surface area contributed by atoms with E-state index in [0.717, 1.165) is 11.3 Å². The molecule has 1 aliphatic heterocycles. The lowest BCUT2D eigenvalue weighted by atomic mass is 10.1. The van der Waals surface area contributed by atoms with E-state index in [-0.39, 0.29) is 5.28 Å². The topological polar surface area (TPSA) is 52.1 Å². The zero-order valence-corrected chi connectivity index (χ0v) is 7.54. The van der Waals surface area contributed by atoms with Crippen molar-refractivity contribution in [3.63, 3.8) is 0 Å². The van der Waals surface area contributed by atoms with Crippen LogP contribution in [-0.2, 0) is 17.8 Å². The largest absolute Gasteiger partial charge is 0.376 e. The van der Waals surface area contributed by atoms with Gasteiger partial charge in [-0.3, -0.25) is 4.79 Å². The van der Waals surface area contributed by atoms with E-state index >= 15 is 0 Å². The molecule has 4 nitrogen and oxygen atoms in total. The Morgan fingerprint density at radius 2 is 2.31 bits per heavy atom. The quantitative estimate of drug-likeness (QED) is 0.499. The fourth-order valence-corrected chi connectivity index (χ4v) is 1.52. The molecule has 0 radical (unpaired) electrons. The average molecular weight is 199 g/mol. The van der Waals surface area contributed by atoms with Crippen molar-refractivity contribution in [3.05, 3.63) is 22.2 Å². The first-order valence-electron chi connectivity index (χ1n) is 3.89. The third-order valence-corrected chi connectivity index (χ3v) is 2.11. The number of nitrogens with zero attached hydrogens (tertiary/aromatic N) is 2. The van der Waals surface area contributed by atoms with Gasteiger partial charge in [-0.25, -0.2) is 9.97 Å². The molecule has 0 aliphatic carbocycles. The van der Waals surface area contributed by atoms with E-state index in [2.05, 4.69) is 9.97 Å². The molecule has 1 aliphatic rings. The van der Waals surface area contributed by atoms with Crippen LogP contribution in [0.15, 0.2) is 0 Å². The van der Waals surface area contributed by atoms with Crippen LogP contribution in [0.4, 0.5) is 0 Å². The smallest absolute Gasteiger partial charge is 0.223 e. The first-order chi connectivity index (χ1) is 6.31. The Balaban J connectivity index is 2.56. The van der Waals surface area contributed by atoms with Gasteiger partial charge in [0.15, 0.2) is 6.29 Å². The molecule has 0 saturated heterocycles. The first kappa shape index (κ1) is 8.59. The highest BCUT2D eigenvalue weighted by Crippen LogP contribution is 2.18. The van der Waals surface area contributed by atoms with Gasteiger partial charge in [0.2, 0.25) is 5.28 Å². The second kappa shape index (κ2) is 3.40. The molecule has 0 saturated carbocycles. The molecule has 68 valence electrons. The maximum Gasteiger partial charge on any atom is 0.223 e. The fraction of sp³-hybridized carbons (Fsp3) is 0.375. The second-order valence-electron chi connectivity index (χ2n) is 2.72. The summed E-state index contributed by atoms with van der Waals surface area (Å²) in [4.78, 5) is 18.5. The fourth-order valence-electron chi connectivity index (χ4n) is 1.32. The number of aromatic nitrogens is 2. The van der Waals surface area contributed by atoms with Gasteiger partial charge in [-0.15, -0.1) is 0 Å². The maximum atomic E-state index is 10.6. The number of hydrogen-bond donors (Lipinski definition) is 0. The van der Waals surface area contributed by atoms with Gasteiger partial charge in [-0.05, 0) is 11.6 Å². The predicted octanol–water partition coefficient (Wildman–Crippen LogP) is 1.02. The minimum absolute atomic E-state index is 0.128. The lowest BCUT2D eigenvalue weighted by Gasteiger charge is -2.16. The molecule has 0 bridgehead atoms. The van der Waals surface area contributed by atoms with Crippen LogP contribution >= 0.6 is 11.6 Å². The summed E-state index contributed by atoms with van der Waals surface area (Å²) in [6.45, 7) is 1.03. The number of ether oxygens (including phenoxy) is 1. The molecule has 0 fully saturated rings. The van der Waals surface area contributed by atoms with E-state index in [4.69, 9.17) is 16.3 Å². The van der Waals surface area contributed by atoms with Gasteiger partial charge in [0.1, 0.15) is 5.69 Å². The number of rotatable bonds is 1. The molecule has 1 aromatic rings. The van der Waals surface area contributed by atoms with Crippen molar-refractivity contribution in [1.29, 1.82) is 0 Å². The Kier molecular flexibility index (Phi) is 2.24. The summed E-state index contributed by atoms with van der Waals surface area (Å²) in [5.41, 5.74) is 1.94. The van der Waals surface area contributed by atoms with Crippen LogP contribution in [0.5, 0.6) is 0 Å². The van der Waals surface area contributed by atoms with Gasteiger partial charge in [-0.1, -0.05) is 0 Å². The van der Waals surface area contributed by atoms with E-state index in [1.165, 1.54) is 0 Å². The van der Waals surface area contributed by atoms with Crippen molar-refractivity contribution in [2.75, 3.05) is 6.61 Å². The summed E-state index contributed by atoms with van der Waals surface area (Å²) in [5, 5.41) is 0.128. The lowest BCUT2D eigenvalue weighted by molar-refractivity contribution is 0.103. The van der Waals surface area contributed by atoms with Gasteiger partial charge in [-0.2, -0.15) is 0 Å². The number of carbonyl (C=O) groups is 1. The molecule has 2 heterocycles. The molecule has 2 rings (SSSR count). The molecule has 0 N–H and O–H groups in total. The van der Waals surface area contributed by atoms with E-state index in [9.17, 15) is 4.79 Å². The van der Waals surface area contributed by atoms with E-state index in [1.54, 1.807) is 0 Å². The average Bonchev–Trinajstić information content (AvgIpc) is 2.16. The number of aldehydes is 1. The molecule has 13 heavy (non-hydrogen) atoms. The summed E-state index contributed by atoms with van der Waals surface area (Å²) in [5.74, 6) is 0. The summed E-state index contributed by atoms with van der Waals surface area (Å²) in [7, 11) is 0. The number of carbonyl (C=O) groups excluding carboxylic acids is 1. The van der Waals surface area contributed by atoms with Crippen molar-refractivity contribution in [2.45, 2.75) is 13.0 Å². The molecular formula is C8H7ClN2O2. The van der Waals surface area contributed by atoms with Crippen LogP contribution in [0.1, 0.15) is 21.7 Å². The molecule has 0 aromatic carbocycles. The first-order valence-corrected chi connectivity index (χ1v) is 4.27. The third kappa shape index (κ3) is 1.55. The van der Waals surface area contributed by atoms with Crippen LogP contribution in [0.3, 0.4) is 0 Å². The van der Waals surface area contributed by atoms with Crippen molar-refractivity contribution in [3.8, 4) is 0 Å². The number of halogens is 1. The summed E-state index contributed by atoms with van der Waals surface area (Å²) >= 11 is 5.64. The summed E-state index contributed by atoms with van der Waals surface area (Å²) in [6, 6.07) is 0. The molecular weight excluding hydrogens is 192 g/mol. The SMILES string of the molecule is O=Cc1nc(Cl)nc2c1COCC2. The predicted molar refractivity (Wildman–Crippen MR) is 45.8 cm³/mol. The van der Waals surface area contributed by atoms with Crippen LogP contribution < -0.4 is 0 Å². The maximum absolute atomic E-state index is 10.6. The van der Waals surface area contributed by atoms with Gasteiger partial charge in [0, 0.05) is 12.0 Å². The summed E-state index contributed by atoms with van der Waals surface area (Å²) in [6.07, 6.45) is 1.37. The Labute approximate surface area is 79.9 Å². The van der Waals surface area contributed by atoms with Crippen LogP contribution in [-0.4, -0.2) is 22.9 Å². The lowest BCUT2D eigenvalue weighted by Crippen LogP contribution is -2.15. The molecule has 0 spiro atoms. The van der Waals surface area contributed by atoms with Crippen LogP contribution in [0.25, 0.3) is 0 Å². The van der Waals surface area contributed by atoms with Crippen LogP contribution in [0.2, 0.25) is 5.28 Å². The zero-order valence-electron chi connectivity index (χ0n) is 6.79. The van der Waals surface area contributed by atoms with E-state index < -0.39 is 0 Å². The summed E-state index contributed by atoms with van der Waals surface area (Å²) < 4.78 is 5.20. The van der Waals surface area contributed by atoms with Gasteiger partial charge < -0.3 is 4.74 Å². The Morgan fingerprint density at radius 1 is 1.46 bits per heavy atom. The van der Waals surface area contributed by atoms with Gasteiger partial charge in [0.05, 0.1) is 18.9 Å². The third-order valence-electron chi connectivity index (χ3n) is 1.94.